The number of nitrogens with zero attached hydrogens (tertiary/aromatic N) is 5. The zero-order chi connectivity index (χ0) is 22.2. The Balaban J connectivity index is 1.71. The van der Waals surface area contributed by atoms with Gasteiger partial charge in [-0.15, -0.1) is 0 Å². The molecule has 1 unspecified atom stereocenters. The highest BCUT2D eigenvalue weighted by Crippen LogP contribution is 2.33. The predicted octanol–water partition coefficient (Wildman–Crippen LogP) is 3.99. The average molecular weight is 466 g/mol. The number of anilines is 1. The number of β-amino-alcohol motifs (C(OH)–C–C–N with tert-alkyl or cyclic N) is 1. The number of aromatic nitrogens is 3. The smallest absolute Gasteiger partial charge is 0.429 e. The fourth-order valence-corrected chi connectivity index (χ4v) is 3.62. The van der Waals surface area contributed by atoms with Gasteiger partial charge in [-0.2, -0.15) is 4.98 Å². The summed E-state index contributed by atoms with van der Waals surface area (Å²) < 4.78 is 20.0. The number of aliphatic hydroxyl groups is 1. The van der Waals surface area contributed by atoms with Gasteiger partial charge in [0.15, 0.2) is 16.8 Å². The lowest BCUT2D eigenvalue weighted by Gasteiger charge is -2.44. The van der Waals surface area contributed by atoms with Crippen molar-refractivity contribution >= 4 is 46.0 Å². The first-order chi connectivity index (χ1) is 14.7. The average Bonchev–Trinajstić information content (AvgIpc) is 2.74. The number of halogens is 3. The van der Waals surface area contributed by atoms with E-state index in [0.717, 1.165) is 5.56 Å². The SMILES string of the molecule is CC1(O)CCN(C(=O)OCc2ccccc2)N(c2nc(Cl)nc3c(F)c(Cl)ncc23)C1. The van der Waals surface area contributed by atoms with Gasteiger partial charge in [-0.05, 0) is 30.5 Å². The second-order valence-electron chi connectivity index (χ2n) is 7.41. The number of amides is 1. The molecule has 2 aromatic heterocycles. The Bertz CT molecular complexity index is 1130. The number of hydrogen-bond acceptors (Lipinski definition) is 7. The number of fused-ring (bicyclic) bond motifs is 1. The molecule has 1 aliphatic heterocycles. The van der Waals surface area contributed by atoms with Gasteiger partial charge in [-0.25, -0.2) is 24.2 Å². The third-order valence-corrected chi connectivity index (χ3v) is 5.33. The van der Waals surface area contributed by atoms with Crippen LogP contribution in [-0.2, 0) is 11.3 Å². The van der Waals surface area contributed by atoms with E-state index in [1.807, 2.05) is 30.3 Å². The van der Waals surface area contributed by atoms with Crippen molar-refractivity contribution in [1.29, 1.82) is 0 Å². The van der Waals surface area contributed by atoms with E-state index in [1.54, 1.807) is 6.92 Å². The minimum Gasteiger partial charge on any atom is -0.443 e. The molecule has 4 rings (SSSR count). The standard InChI is InChI=1S/C20H18Cl2FN5O3/c1-20(30)7-8-27(19(29)31-10-12-5-3-2-4-6-12)28(11-20)17-13-9-24-16(21)14(23)15(13)25-18(22)26-17/h2-6,9,30H,7-8,10-11H2,1H3. The van der Waals surface area contributed by atoms with E-state index in [1.165, 1.54) is 16.2 Å². The lowest BCUT2D eigenvalue weighted by molar-refractivity contribution is -0.0000182. The molecule has 8 nitrogen and oxygen atoms in total. The molecule has 1 aromatic carbocycles. The van der Waals surface area contributed by atoms with Crippen molar-refractivity contribution in [1.82, 2.24) is 20.0 Å². The second-order valence-corrected chi connectivity index (χ2v) is 8.11. The quantitative estimate of drug-likeness (QED) is 0.461. The molecule has 1 N–H and O–H groups in total. The molecule has 0 radical (unpaired) electrons. The van der Waals surface area contributed by atoms with E-state index >= 15 is 0 Å². The van der Waals surface area contributed by atoms with Crippen molar-refractivity contribution in [2.24, 2.45) is 0 Å². The number of carbonyl (C=O) groups excluding carboxylic acids is 1. The molecule has 1 aliphatic rings. The topological polar surface area (TPSA) is 91.7 Å². The molecule has 3 aromatic rings. The number of ether oxygens (including phenoxy) is 1. The molecule has 31 heavy (non-hydrogen) atoms. The van der Waals surface area contributed by atoms with Crippen LogP contribution in [0, 0.1) is 5.82 Å². The molecular formula is C20H18Cl2FN5O3. The molecule has 162 valence electrons. The minimum absolute atomic E-state index is 0.0138. The van der Waals surface area contributed by atoms with Crippen molar-refractivity contribution in [3.63, 3.8) is 0 Å². The summed E-state index contributed by atoms with van der Waals surface area (Å²) in [6.07, 6.45) is 0.951. The molecule has 0 aliphatic carbocycles. The number of hydrogen-bond donors (Lipinski definition) is 1. The number of benzene rings is 1. The Morgan fingerprint density at radius 3 is 2.77 bits per heavy atom. The molecule has 3 heterocycles. The lowest BCUT2D eigenvalue weighted by atomic mass is 10.00. The number of rotatable bonds is 3. The Morgan fingerprint density at radius 2 is 2.03 bits per heavy atom. The first-order valence-electron chi connectivity index (χ1n) is 9.40. The van der Waals surface area contributed by atoms with Crippen LogP contribution in [0.2, 0.25) is 10.4 Å². The molecule has 1 amide bonds. The van der Waals surface area contributed by atoms with E-state index in [2.05, 4.69) is 15.0 Å². The summed E-state index contributed by atoms with van der Waals surface area (Å²) >= 11 is 11.8. The minimum atomic E-state index is -1.14. The van der Waals surface area contributed by atoms with E-state index in [9.17, 15) is 14.3 Å². The maximum absolute atomic E-state index is 14.5. The third kappa shape index (κ3) is 4.48. The largest absolute Gasteiger partial charge is 0.443 e. The van der Waals surface area contributed by atoms with Crippen molar-refractivity contribution in [3.8, 4) is 0 Å². The Morgan fingerprint density at radius 1 is 1.29 bits per heavy atom. The number of pyridine rings is 1. The maximum Gasteiger partial charge on any atom is 0.429 e. The molecule has 11 heteroatoms. The van der Waals surface area contributed by atoms with Gasteiger partial charge in [0.05, 0.1) is 17.5 Å². The first kappa shape index (κ1) is 21.5. The van der Waals surface area contributed by atoms with Gasteiger partial charge in [-0.3, -0.25) is 5.01 Å². The van der Waals surface area contributed by atoms with Crippen LogP contribution in [0.3, 0.4) is 0 Å². The first-order valence-corrected chi connectivity index (χ1v) is 10.2. The van der Waals surface area contributed by atoms with Crippen molar-refractivity contribution < 1.29 is 19.0 Å². The molecule has 0 spiro atoms. The third-order valence-electron chi connectivity index (χ3n) is 4.90. The zero-order valence-corrected chi connectivity index (χ0v) is 17.9. The van der Waals surface area contributed by atoms with Crippen LogP contribution in [0.25, 0.3) is 10.9 Å². The Labute approximate surface area is 187 Å². The van der Waals surface area contributed by atoms with Gasteiger partial charge in [0, 0.05) is 12.7 Å². The van der Waals surface area contributed by atoms with Gasteiger partial charge in [0.25, 0.3) is 0 Å². The van der Waals surface area contributed by atoms with E-state index in [4.69, 9.17) is 27.9 Å². The van der Waals surface area contributed by atoms with Crippen molar-refractivity contribution in [3.05, 3.63) is 58.3 Å². The van der Waals surface area contributed by atoms with Crippen LogP contribution < -0.4 is 5.01 Å². The Kier molecular flexibility index (Phi) is 5.83. The molecule has 0 bridgehead atoms. The summed E-state index contributed by atoms with van der Waals surface area (Å²) in [6.45, 7) is 1.83. The van der Waals surface area contributed by atoms with Crippen LogP contribution in [0.5, 0.6) is 0 Å². The second kappa shape index (κ2) is 8.41. The molecular weight excluding hydrogens is 448 g/mol. The van der Waals surface area contributed by atoms with Gasteiger partial charge >= 0.3 is 6.09 Å². The van der Waals surface area contributed by atoms with Crippen LogP contribution in [0.4, 0.5) is 15.0 Å². The van der Waals surface area contributed by atoms with E-state index < -0.39 is 17.5 Å². The molecule has 0 saturated carbocycles. The van der Waals surface area contributed by atoms with Gasteiger partial charge in [0.2, 0.25) is 5.28 Å². The van der Waals surface area contributed by atoms with Crippen LogP contribution >= 0.6 is 23.2 Å². The number of hydrazine groups is 1. The normalized spacial score (nSPS) is 19.0. The fourth-order valence-electron chi connectivity index (χ4n) is 3.32. The summed E-state index contributed by atoms with van der Waals surface area (Å²) in [6, 6.07) is 9.22. The van der Waals surface area contributed by atoms with Crippen LogP contribution in [0.1, 0.15) is 18.9 Å². The summed E-state index contributed by atoms with van der Waals surface area (Å²) in [5.74, 6) is -0.749. The lowest BCUT2D eigenvalue weighted by Crippen LogP contribution is -2.59. The van der Waals surface area contributed by atoms with Gasteiger partial charge in [0.1, 0.15) is 12.1 Å². The number of carbonyl (C=O) groups is 1. The summed E-state index contributed by atoms with van der Waals surface area (Å²) in [5.41, 5.74) is -0.459. The van der Waals surface area contributed by atoms with Crippen LogP contribution in [-0.4, -0.2) is 49.9 Å². The van der Waals surface area contributed by atoms with Crippen molar-refractivity contribution in [2.45, 2.75) is 25.6 Å². The molecule has 1 atom stereocenters. The highest BCUT2D eigenvalue weighted by molar-refractivity contribution is 6.30. The molecule has 1 fully saturated rings. The van der Waals surface area contributed by atoms with Gasteiger partial charge in [-0.1, -0.05) is 41.9 Å². The molecule has 1 saturated heterocycles. The van der Waals surface area contributed by atoms with Gasteiger partial charge < -0.3 is 9.84 Å². The van der Waals surface area contributed by atoms with Crippen molar-refractivity contribution in [2.75, 3.05) is 18.1 Å². The summed E-state index contributed by atoms with van der Waals surface area (Å²) in [7, 11) is 0. The van der Waals surface area contributed by atoms with E-state index in [0.29, 0.717) is 6.42 Å². The predicted molar refractivity (Wildman–Crippen MR) is 113 cm³/mol. The zero-order valence-electron chi connectivity index (χ0n) is 16.4. The van der Waals surface area contributed by atoms with Crippen LogP contribution in [0.15, 0.2) is 36.5 Å². The summed E-state index contributed by atoms with van der Waals surface area (Å²) in [5, 5.41) is 12.9. The van der Waals surface area contributed by atoms with E-state index in [-0.39, 0.29) is 46.9 Å². The Hall–Kier alpha value is -2.75. The fraction of sp³-hybridized carbons (Fsp3) is 0.300. The monoisotopic (exact) mass is 465 g/mol. The maximum atomic E-state index is 14.5. The highest BCUT2D eigenvalue weighted by atomic mass is 35.5. The highest BCUT2D eigenvalue weighted by Gasteiger charge is 2.38. The summed E-state index contributed by atoms with van der Waals surface area (Å²) in [4.78, 5) is 24.8.